The molecule has 0 heterocycles. The summed E-state index contributed by atoms with van der Waals surface area (Å²) in [6, 6.07) is 22.2. The van der Waals surface area contributed by atoms with Crippen molar-refractivity contribution < 1.29 is 22.7 Å². The highest BCUT2D eigenvalue weighted by molar-refractivity contribution is 7.98. The molecule has 0 aliphatic heterocycles. The molecule has 2 amide bonds. The number of amides is 2. The Kier molecular flexibility index (Phi) is 12.1. The van der Waals surface area contributed by atoms with Gasteiger partial charge in [0.2, 0.25) is 11.8 Å². The summed E-state index contributed by atoms with van der Waals surface area (Å²) in [5.74, 6) is -0.401. The second-order valence-electron chi connectivity index (χ2n) is 9.23. The van der Waals surface area contributed by atoms with Crippen LogP contribution in [0.15, 0.2) is 88.7 Å². The van der Waals surface area contributed by atoms with Gasteiger partial charge >= 0.3 is 0 Å². The Balaban J connectivity index is 2.06. The summed E-state index contributed by atoms with van der Waals surface area (Å²) >= 11 is 1.51. The van der Waals surface area contributed by atoms with E-state index in [4.69, 9.17) is 4.74 Å². The van der Waals surface area contributed by atoms with Crippen LogP contribution in [-0.2, 0) is 26.0 Å². The molecule has 0 aromatic heterocycles. The van der Waals surface area contributed by atoms with Crippen LogP contribution >= 0.6 is 11.8 Å². The normalized spacial score (nSPS) is 11.9. The lowest BCUT2D eigenvalue weighted by Gasteiger charge is -2.33. The van der Waals surface area contributed by atoms with E-state index >= 15 is 0 Å². The second kappa shape index (κ2) is 15.5. The molecule has 1 atom stereocenters. The molecule has 0 aliphatic rings. The van der Waals surface area contributed by atoms with Crippen molar-refractivity contribution in [2.45, 2.75) is 49.4 Å². The van der Waals surface area contributed by atoms with E-state index in [0.717, 1.165) is 14.8 Å². The number of rotatable bonds is 15. The van der Waals surface area contributed by atoms with Crippen LogP contribution in [0, 0.1) is 0 Å². The first-order chi connectivity index (χ1) is 19.8. The highest BCUT2D eigenvalue weighted by atomic mass is 32.2. The molecule has 1 N–H and O–H groups in total. The third-order valence-electron chi connectivity index (χ3n) is 6.58. The van der Waals surface area contributed by atoms with Crippen molar-refractivity contribution in [3.8, 4) is 5.75 Å². The number of thioether (sulfide) groups is 1. The fourth-order valence-corrected chi connectivity index (χ4v) is 6.35. The van der Waals surface area contributed by atoms with Gasteiger partial charge in [-0.05, 0) is 74.9 Å². The molecule has 0 spiro atoms. The number of likely N-dealkylation sites (N-methyl/N-ethyl adjacent to an activating group) is 1. The van der Waals surface area contributed by atoms with Crippen LogP contribution in [0.1, 0.15) is 32.8 Å². The van der Waals surface area contributed by atoms with E-state index in [9.17, 15) is 18.0 Å². The van der Waals surface area contributed by atoms with Gasteiger partial charge in [-0.25, -0.2) is 8.42 Å². The number of carbonyl (C=O) groups is 2. The van der Waals surface area contributed by atoms with Gasteiger partial charge in [0, 0.05) is 18.0 Å². The lowest BCUT2D eigenvalue weighted by Crippen LogP contribution is -2.53. The highest BCUT2D eigenvalue weighted by Gasteiger charge is 2.34. The van der Waals surface area contributed by atoms with Gasteiger partial charge in [-0.2, -0.15) is 0 Å². The molecule has 41 heavy (non-hydrogen) atoms. The van der Waals surface area contributed by atoms with Crippen molar-refractivity contribution in [1.29, 1.82) is 0 Å². The molecule has 3 aromatic rings. The minimum absolute atomic E-state index is 0.0565. The number of sulfonamides is 1. The van der Waals surface area contributed by atoms with Crippen molar-refractivity contribution in [2.75, 3.05) is 36.8 Å². The predicted octanol–water partition coefficient (Wildman–Crippen LogP) is 4.99. The van der Waals surface area contributed by atoms with Crippen LogP contribution in [0.4, 0.5) is 5.69 Å². The number of hydrogen-bond acceptors (Lipinski definition) is 6. The number of ether oxygens (including phenoxy) is 1. The minimum Gasteiger partial charge on any atom is -0.492 e. The fourth-order valence-electron chi connectivity index (χ4n) is 4.52. The maximum Gasteiger partial charge on any atom is 0.264 e. The number of para-hydroxylation sites is 2. The average molecular weight is 598 g/mol. The van der Waals surface area contributed by atoms with Gasteiger partial charge in [0.05, 0.1) is 17.2 Å². The zero-order chi connectivity index (χ0) is 29.8. The van der Waals surface area contributed by atoms with Crippen molar-refractivity contribution in [2.24, 2.45) is 0 Å². The topological polar surface area (TPSA) is 96.0 Å². The number of hydrogen-bond donors (Lipinski definition) is 1. The number of nitrogens with zero attached hydrogens (tertiary/aromatic N) is 2. The van der Waals surface area contributed by atoms with E-state index in [1.54, 1.807) is 48.5 Å². The Morgan fingerprint density at radius 1 is 0.927 bits per heavy atom. The van der Waals surface area contributed by atoms with Gasteiger partial charge in [-0.1, -0.05) is 49.4 Å². The summed E-state index contributed by atoms with van der Waals surface area (Å²) in [4.78, 5) is 29.6. The molecule has 0 radical (unpaired) electrons. The SMILES string of the molecule is CCNC(=O)[C@H](CC)N(CCc1ccccc1)C(=O)CN(c1ccccc1OCC)S(=O)(=O)c1ccc(SC)cc1. The Morgan fingerprint density at radius 2 is 1.59 bits per heavy atom. The molecule has 8 nitrogen and oxygen atoms in total. The first kappa shape index (κ1) is 32.0. The van der Waals surface area contributed by atoms with Crippen molar-refractivity contribution >= 4 is 39.3 Å². The number of anilines is 1. The quantitative estimate of drug-likeness (QED) is 0.248. The largest absolute Gasteiger partial charge is 0.492 e. The first-order valence-electron chi connectivity index (χ1n) is 13.8. The second-order valence-corrected chi connectivity index (χ2v) is 12.0. The Bertz CT molecular complexity index is 1380. The van der Waals surface area contributed by atoms with Crippen LogP contribution in [0.25, 0.3) is 0 Å². The van der Waals surface area contributed by atoms with Gasteiger partial charge in [0.25, 0.3) is 10.0 Å². The van der Waals surface area contributed by atoms with E-state index in [1.165, 1.54) is 16.7 Å². The minimum atomic E-state index is -4.18. The summed E-state index contributed by atoms with van der Waals surface area (Å²) in [5, 5.41) is 2.82. The Hall–Kier alpha value is -3.50. The molecule has 0 bridgehead atoms. The molecule has 0 unspecified atom stereocenters. The molecule has 3 rings (SSSR count). The lowest BCUT2D eigenvalue weighted by molar-refractivity contribution is -0.139. The van der Waals surface area contributed by atoms with Crippen LogP contribution < -0.4 is 14.4 Å². The number of benzene rings is 3. The molecule has 0 saturated carbocycles. The van der Waals surface area contributed by atoms with E-state index in [-0.39, 0.29) is 23.0 Å². The van der Waals surface area contributed by atoms with Crippen LogP contribution in [0.5, 0.6) is 5.75 Å². The van der Waals surface area contributed by atoms with E-state index in [1.807, 2.05) is 57.4 Å². The Labute approximate surface area is 248 Å². The van der Waals surface area contributed by atoms with Crippen molar-refractivity contribution in [1.82, 2.24) is 10.2 Å². The average Bonchev–Trinajstić information content (AvgIpc) is 2.99. The van der Waals surface area contributed by atoms with Crippen LogP contribution in [0.3, 0.4) is 0 Å². The smallest absolute Gasteiger partial charge is 0.264 e. The lowest BCUT2D eigenvalue weighted by atomic mass is 10.1. The maximum atomic E-state index is 14.1. The van der Waals surface area contributed by atoms with Gasteiger partial charge < -0.3 is 15.0 Å². The van der Waals surface area contributed by atoms with Gasteiger partial charge in [0.15, 0.2) is 0 Å². The molecule has 0 fully saturated rings. The summed E-state index contributed by atoms with van der Waals surface area (Å²) in [7, 11) is -4.18. The van der Waals surface area contributed by atoms with Crippen molar-refractivity contribution in [3.05, 3.63) is 84.4 Å². The standard InChI is InChI=1S/C31H39N3O5S2/c1-5-27(31(36)32-6-2)33(22-21-24-13-9-8-10-14-24)30(35)23-34(28-15-11-12-16-29(28)39-7-3)41(37,38)26-19-17-25(40-4)18-20-26/h8-20,27H,5-7,21-23H2,1-4H3,(H,32,36)/t27-/m0/s1. The van der Waals surface area contributed by atoms with E-state index in [0.29, 0.717) is 31.7 Å². The number of carbonyl (C=O) groups excluding carboxylic acids is 2. The molecule has 3 aromatic carbocycles. The maximum absolute atomic E-state index is 14.1. The van der Waals surface area contributed by atoms with Crippen LogP contribution in [0.2, 0.25) is 0 Å². The zero-order valence-electron chi connectivity index (χ0n) is 24.1. The third kappa shape index (κ3) is 8.27. The molecular weight excluding hydrogens is 558 g/mol. The molecule has 10 heteroatoms. The molecule has 0 saturated heterocycles. The number of nitrogens with one attached hydrogen (secondary N) is 1. The monoisotopic (exact) mass is 597 g/mol. The molecule has 220 valence electrons. The summed E-state index contributed by atoms with van der Waals surface area (Å²) in [5.41, 5.74) is 1.27. The summed E-state index contributed by atoms with van der Waals surface area (Å²) in [6.45, 7) is 5.97. The van der Waals surface area contributed by atoms with Crippen LogP contribution in [-0.4, -0.2) is 63.7 Å². The van der Waals surface area contributed by atoms with Gasteiger partial charge in [-0.3, -0.25) is 13.9 Å². The predicted molar refractivity (Wildman–Crippen MR) is 165 cm³/mol. The fraction of sp³-hybridized carbons (Fsp3) is 0.355. The Morgan fingerprint density at radius 3 is 2.20 bits per heavy atom. The molecule has 0 aliphatic carbocycles. The van der Waals surface area contributed by atoms with Gasteiger partial charge in [0.1, 0.15) is 18.3 Å². The zero-order valence-corrected chi connectivity index (χ0v) is 25.7. The van der Waals surface area contributed by atoms with E-state index < -0.39 is 28.5 Å². The summed E-state index contributed by atoms with van der Waals surface area (Å²) < 4.78 is 35.1. The third-order valence-corrected chi connectivity index (χ3v) is 9.10. The summed E-state index contributed by atoms with van der Waals surface area (Å²) in [6.07, 6.45) is 2.81. The van der Waals surface area contributed by atoms with E-state index in [2.05, 4.69) is 5.32 Å². The van der Waals surface area contributed by atoms with Crippen molar-refractivity contribution in [3.63, 3.8) is 0 Å². The van der Waals surface area contributed by atoms with Gasteiger partial charge in [-0.15, -0.1) is 11.8 Å². The highest BCUT2D eigenvalue weighted by Crippen LogP contribution is 2.33. The molecular formula is C31H39N3O5S2. The first-order valence-corrected chi connectivity index (χ1v) is 16.4.